The van der Waals surface area contributed by atoms with Crippen LogP contribution in [0.25, 0.3) is 0 Å². The maximum absolute atomic E-state index is 13.7. The first kappa shape index (κ1) is 16.4. The Morgan fingerprint density at radius 1 is 1.43 bits per heavy atom. The molecule has 0 aliphatic carbocycles. The lowest BCUT2D eigenvalue weighted by Crippen LogP contribution is -2.49. The van der Waals surface area contributed by atoms with Crippen LogP contribution in [0.2, 0.25) is 0 Å². The number of likely N-dealkylation sites (tertiary alicyclic amines) is 1. The molecule has 0 bridgehead atoms. The van der Waals surface area contributed by atoms with Crippen LogP contribution in [0.5, 0.6) is 0 Å². The largest absolute Gasteiger partial charge is 0.381 e. The summed E-state index contributed by atoms with van der Waals surface area (Å²) in [5, 5.41) is 3.19. The molecule has 0 aromatic heterocycles. The standard InChI is InChI=1S/C18H25FN2O2/c1-20-12-14-5-8-21(13-14)17(22)18(6-9-23-10-7-18)15-3-2-4-16(19)11-15/h2-4,11,14,20H,5-10,12-13H2,1H3. The topological polar surface area (TPSA) is 41.6 Å². The van der Waals surface area contributed by atoms with Crippen molar-refractivity contribution in [3.8, 4) is 0 Å². The number of hydrogen-bond acceptors (Lipinski definition) is 3. The summed E-state index contributed by atoms with van der Waals surface area (Å²) < 4.78 is 19.2. The molecule has 2 saturated heterocycles. The fourth-order valence-corrected chi connectivity index (χ4v) is 3.91. The SMILES string of the molecule is CNCC1CCN(C(=O)C2(c3cccc(F)c3)CCOCC2)C1. The molecule has 0 spiro atoms. The molecule has 2 heterocycles. The Balaban J connectivity index is 1.86. The normalized spacial score (nSPS) is 23.9. The minimum Gasteiger partial charge on any atom is -0.381 e. The number of amides is 1. The maximum Gasteiger partial charge on any atom is 0.233 e. The molecule has 1 aromatic rings. The Hall–Kier alpha value is -1.46. The predicted molar refractivity (Wildman–Crippen MR) is 86.7 cm³/mol. The van der Waals surface area contributed by atoms with Crippen molar-refractivity contribution >= 4 is 5.91 Å². The zero-order valence-electron chi connectivity index (χ0n) is 13.7. The molecular weight excluding hydrogens is 295 g/mol. The number of nitrogens with zero attached hydrogens (tertiary/aromatic N) is 1. The van der Waals surface area contributed by atoms with Crippen LogP contribution >= 0.6 is 0 Å². The minimum atomic E-state index is -0.630. The van der Waals surface area contributed by atoms with Crippen molar-refractivity contribution in [2.45, 2.75) is 24.7 Å². The molecule has 23 heavy (non-hydrogen) atoms. The second-order valence-electron chi connectivity index (χ2n) is 6.67. The van der Waals surface area contributed by atoms with Gasteiger partial charge in [-0.15, -0.1) is 0 Å². The molecule has 2 aliphatic heterocycles. The molecule has 126 valence electrons. The number of carbonyl (C=O) groups excluding carboxylic acids is 1. The maximum atomic E-state index is 13.7. The number of nitrogens with one attached hydrogen (secondary N) is 1. The summed E-state index contributed by atoms with van der Waals surface area (Å²) in [6.07, 6.45) is 2.28. The number of halogens is 1. The summed E-state index contributed by atoms with van der Waals surface area (Å²) in [6, 6.07) is 6.53. The first-order valence-corrected chi connectivity index (χ1v) is 8.43. The van der Waals surface area contributed by atoms with Crippen LogP contribution in [0, 0.1) is 11.7 Å². The number of ether oxygens (including phenoxy) is 1. The first-order valence-electron chi connectivity index (χ1n) is 8.43. The number of rotatable bonds is 4. The molecule has 5 heteroatoms. The van der Waals surface area contributed by atoms with E-state index in [1.165, 1.54) is 12.1 Å². The van der Waals surface area contributed by atoms with Gasteiger partial charge < -0.3 is 15.0 Å². The van der Waals surface area contributed by atoms with Gasteiger partial charge in [-0.2, -0.15) is 0 Å². The van der Waals surface area contributed by atoms with Crippen molar-refractivity contribution in [3.63, 3.8) is 0 Å². The van der Waals surface area contributed by atoms with Gasteiger partial charge in [-0.05, 0) is 56.5 Å². The summed E-state index contributed by atoms with van der Waals surface area (Å²) >= 11 is 0. The van der Waals surface area contributed by atoms with Gasteiger partial charge in [0.05, 0.1) is 5.41 Å². The van der Waals surface area contributed by atoms with Crippen molar-refractivity contribution < 1.29 is 13.9 Å². The Morgan fingerprint density at radius 3 is 2.91 bits per heavy atom. The number of benzene rings is 1. The third-order valence-corrected chi connectivity index (χ3v) is 5.20. The number of carbonyl (C=O) groups is 1. The van der Waals surface area contributed by atoms with E-state index < -0.39 is 5.41 Å². The van der Waals surface area contributed by atoms with Gasteiger partial charge in [0.15, 0.2) is 0 Å². The first-order chi connectivity index (χ1) is 11.2. The Morgan fingerprint density at radius 2 is 2.22 bits per heavy atom. The highest BCUT2D eigenvalue weighted by Gasteiger charge is 2.45. The molecule has 1 N–H and O–H groups in total. The highest BCUT2D eigenvalue weighted by Crippen LogP contribution is 2.38. The van der Waals surface area contributed by atoms with Gasteiger partial charge >= 0.3 is 0 Å². The molecule has 2 aliphatic rings. The smallest absolute Gasteiger partial charge is 0.233 e. The van der Waals surface area contributed by atoms with Crippen molar-refractivity contribution in [1.29, 1.82) is 0 Å². The highest BCUT2D eigenvalue weighted by molar-refractivity contribution is 5.88. The number of hydrogen-bond donors (Lipinski definition) is 1. The van der Waals surface area contributed by atoms with Crippen molar-refractivity contribution in [1.82, 2.24) is 10.2 Å². The predicted octanol–water partition coefficient (Wildman–Crippen LogP) is 1.94. The third-order valence-electron chi connectivity index (χ3n) is 5.20. The molecule has 0 radical (unpaired) electrons. The van der Waals surface area contributed by atoms with E-state index in [4.69, 9.17) is 4.74 Å². The molecular formula is C18H25FN2O2. The van der Waals surface area contributed by atoms with E-state index in [1.54, 1.807) is 6.07 Å². The highest BCUT2D eigenvalue weighted by atomic mass is 19.1. The Labute approximate surface area is 137 Å². The van der Waals surface area contributed by atoms with Crippen LogP contribution in [0.4, 0.5) is 4.39 Å². The molecule has 2 fully saturated rings. The zero-order chi connectivity index (χ0) is 16.3. The average Bonchev–Trinajstić information content (AvgIpc) is 3.04. The van der Waals surface area contributed by atoms with Crippen LogP contribution in [0.15, 0.2) is 24.3 Å². The molecule has 0 saturated carbocycles. The lowest BCUT2D eigenvalue weighted by molar-refractivity contribution is -0.140. The van der Waals surface area contributed by atoms with Crippen molar-refractivity contribution in [2.75, 3.05) is 39.9 Å². The summed E-state index contributed by atoms with van der Waals surface area (Å²) in [4.78, 5) is 15.3. The van der Waals surface area contributed by atoms with Gasteiger partial charge in [0.25, 0.3) is 0 Å². The van der Waals surface area contributed by atoms with E-state index in [0.29, 0.717) is 32.0 Å². The quantitative estimate of drug-likeness (QED) is 0.922. The van der Waals surface area contributed by atoms with Gasteiger partial charge in [-0.1, -0.05) is 12.1 Å². The van der Waals surface area contributed by atoms with E-state index in [1.807, 2.05) is 18.0 Å². The van der Waals surface area contributed by atoms with Crippen LogP contribution in [0.1, 0.15) is 24.8 Å². The summed E-state index contributed by atoms with van der Waals surface area (Å²) in [5.74, 6) is 0.369. The van der Waals surface area contributed by atoms with E-state index in [9.17, 15) is 9.18 Å². The van der Waals surface area contributed by atoms with Crippen LogP contribution in [-0.2, 0) is 14.9 Å². The average molecular weight is 320 g/mol. The Kier molecular flexibility index (Phi) is 4.97. The molecule has 1 atom stereocenters. The van der Waals surface area contributed by atoms with Crippen LogP contribution in [0.3, 0.4) is 0 Å². The van der Waals surface area contributed by atoms with Gasteiger partial charge in [0.2, 0.25) is 5.91 Å². The van der Waals surface area contributed by atoms with Gasteiger partial charge in [-0.3, -0.25) is 4.79 Å². The summed E-state index contributed by atoms with van der Waals surface area (Å²) in [7, 11) is 1.94. The van der Waals surface area contributed by atoms with Crippen LogP contribution < -0.4 is 5.32 Å². The van der Waals surface area contributed by atoms with Crippen molar-refractivity contribution in [2.24, 2.45) is 5.92 Å². The van der Waals surface area contributed by atoms with Crippen molar-refractivity contribution in [3.05, 3.63) is 35.6 Å². The lowest BCUT2D eigenvalue weighted by Gasteiger charge is -2.39. The fourth-order valence-electron chi connectivity index (χ4n) is 3.91. The second-order valence-corrected chi connectivity index (χ2v) is 6.67. The third kappa shape index (κ3) is 3.26. The molecule has 1 amide bonds. The lowest BCUT2D eigenvalue weighted by atomic mass is 9.73. The molecule has 1 aromatic carbocycles. The van der Waals surface area contributed by atoms with E-state index in [-0.39, 0.29) is 11.7 Å². The second kappa shape index (κ2) is 6.97. The van der Waals surface area contributed by atoms with E-state index in [0.717, 1.165) is 31.6 Å². The van der Waals surface area contributed by atoms with Gasteiger partial charge in [0.1, 0.15) is 5.82 Å². The van der Waals surface area contributed by atoms with Gasteiger partial charge in [0, 0.05) is 26.3 Å². The monoisotopic (exact) mass is 320 g/mol. The minimum absolute atomic E-state index is 0.144. The van der Waals surface area contributed by atoms with Crippen LogP contribution in [-0.4, -0.2) is 50.7 Å². The molecule has 1 unspecified atom stereocenters. The summed E-state index contributed by atoms with van der Waals surface area (Å²) in [6.45, 7) is 3.62. The molecule has 3 rings (SSSR count). The molecule has 4 nitrogen and oxygen atoms in total. The Bertz CT molecular complexity index is 558. The zero-order valence-corrected chi connectivity index (χ0v) is 13.7. The van der Waals surface area contributed by atoms with Gasteiger partial charge in [-0.25, -0.2) is 4.39 Å². The van der Waals surface area contributed by atoms with E-state index in [2.05, 4.69) is 5.32 Å². The summed E-state index contributed by atoms with van der Waals surface area (Å²) in [5.41, 5.74) is 0.164. The fraction of sp³-hybridized carbons (Fsp3) is 0.611. The van der Waals surface area contributed by atoms with E-state index >= 15 is 0 Å².